The van der Waals surface area contributed by atoms with E-state index in [4.69, 9.17) is 10.5 Å². The third kappa shape index (κ3) is 3.51. The zero-order valence-corrected chi connectivity index (χ0v) is 13.4. The molecule has 0 saturated heterocycles. The fourth-order valence-electron chi connectivity index (χ4n) is 2.34. The number of nitrogens with zero attached hydrogens (tertiary/aromatic N) is 1. The van der Waals surface area contributed by atoms with Gasteiger partial charge in [-0.1, -0.05) is 12.1 Å². The third-order valence-corrected chi connectivity index (χ3v) is 3.28. The molecule has 0 atom stereocenters. The van der Waals surface area contributed by atoms with Crippen LogP contribution in [0.1, 0.15) is 20.8 Å². The van der Waals surface area contributed by atoms with Gasteiger partial charge in [0, 0.05) is 22.1 Å². The summed E-state index contributed by atoms with van der Waals surface area (Å²) in [4.78, 5) is 16.5. The molecule has 1 heterocycles. The van der Waals surface area contributed by atoms with Crippen LogP contribution in [0.4, 0.5) is 16.2 Å². The van der Waals surface area contributed by atoms with Crippen LogP contribution < -0.4 is 11.1 Å². The topological polar surface area (TPSA) is 77.2 Å². The summed E-state index contributed by atoms with van der Waals surface area (Å²) < 4.78 is 5.25. The molecule has 3 aromatic rings. The maximum absolute atomic E-state index is 11.9. The van der Waals surface area contributed by atoms with E-state index in [2.05, 4.69) is 10.3 Å². The number of anilines is 2. The number of nitrogens with two attached hydrogens (primary N) is 1. The second kappa shape index (κ2) is 5.43. The fraction of sp³-hybridized carbons (Fsp3) is 0.222. The number of fused-ring (bicyclic) bond motifs is 2. The number of hydrogen-bond donors (Lipinski definition) is 2. The molecule has 3 N–H and O–H groups in total. The molecule has 0 bridgehead atoms. The van der Waals surface area contributed by atoms with Gasteiger partial charge >= 0.3 is 6.09 Å². The van der Waals surface area contributed by atoms with Gasteiger partial charge in [-0.05, 0) is 51.1 Å². The summed E-state index contributed by atoms with van der Waals surface area (Å²) >= 11 is 0. The average molecular weight is 309 g/mol. The Morgan fingerprint density at radius 2 is 1.70 bits per heavy atom. The van der Waals surface area contributed by atoms with Gasteiger partial charge in [-0.3, -0.25) is 5.32 Å². The van der Waals surface area contributed by atoms with Gasteiger partial charge in [0.05, 0.1) is 11.0 Å². The number of pyridine rings is 1. The van der Waals surface area contributed by atoms with Crippen LogP contribution in [0.2, 0.25) is 0 Å². The van der Waals surface area contributed by atoms with Gasteiger partial charge in [0.1, 0.15) is 5.60 Å². The summed E-state index contributed by atoms with van der Waals surface area (Å²) in [7, 11) is 0. The highest BCUT2D eigenvalue weighted by molar-refractivity contribution is 5.96. The first kappa shape index (κ1) is 15.1. The number of hydrogen-bond acceptors (Lipinski definition) is 4. The minimum absolute atomic E-state index is 0.484. The lowest BCUT2D eigenvalue weighted by molar-refractivity contribution is 0.0636. The molecule has 0 saturated carbocycles. The second-order valence-corrected chi connectivity index (χ2v) is 6.47. The van der Waals surface area contributed by atoms with Crippen LogP contribution in [0.3, 0.4) is 0 Å². The zero-order chi connectivity index (χ0) is 16.6. The first-order chi connectivity index (χ1) is 10.8. The Hall–Kier alpha value is -2.82. The number of rotatable bonds is 1. The van der Waals surface area contributed by atoms with Crippen molar-refractivity contribution in [2.45, 2.75) is 26.4 Å². The monoisotopic (exact) mass is 309 g/mol. The van der Waals surface area contributed by atoms with Crippen LogP contribution in [0.15, 0.2) is 42.5 Å². The number of ether oxygens (including phenoxy) is 1. The Morgan fingerprint density at radius 3 is 2.39 bits per heavy atom. The van der Waals surface area contributed by atoms with Gasteiger partial charge in [-0.2, -0.15) is 0 Å². The zero-order valence-electron chi connectivity index (χ0n) is 13.4. The normalized spacial score (nSPS) is 11.6. The van der Waals surface area contributed by atoms with Crippen LogP contribution in [0.5, 0.6) is 0 Å². The molecule has 0 unspecified atom stereocenters. The van der Waals surface area contributed by atoms with Crippen molar-refractivity contribution in [2.24, 2.45) is 0 Å². The molecule has 118 valence electrons. The van der Waals surface area contributed by atoms with Gasteiger partial charge in [0.15, 0.2) is 0 Å². The molecule has 3 rings (SSSR count). The molecule has 5 nitrogen and oxygen atoms in total. The van der Waals surface area contributed by atoms with Crippen LogP contribution in [0, 0.1) is 0 Å². The number of amides is 1. The van der Waals surface area contributed by atoms with Crippen molar-refractivity contribution in [3.05, 3.63) is 42.5 Å². The molecule has 0 spiro atoms. The standard InChI is InChI=1S/C18H19N3O2/c1-18(2,3)23-17(22)20-14-7-5-12-8-11-4-6-13(19)9-15(11)21-16(12)10-14/h4-10H,19H2,1-3H3,(H,20,22). The summed E-state index contributed by atoms with van der Waals surface area (Å²) in [5, 5.41) is 4.75. The molecule has 1 amide bonds. The highest BCUT2D eigenvalue weighted by Crippen LogP contribution is 2.24. The lowest BCUT2D eigenvalue weighted by Crippen LogP contribution is -2.27. The molecule has 23 heavy (non-hydrogen) atoms. The van der Waals surface area contributed by atoms with Gasteiger partial charge in [-0.25, -0.2) is 9.78 Å². The van der Waals surface area contributed by atoms with Crippen LogP contribution >= 0.6 is 0 Å². The maximum atomic E-state index is 11.9. The number of carbonyl (C=O) groups is 1. The largest absolute Gasteiger partial charge is 0.444 e. The van der Waals surface area contributed by atoms with Crippen molar-refractivity contribution in [1.82, 2.24) is 4.98 Å². The summed E-state index contributed by atoms with van der Waals surface area (Å²) in [5.41, 5.74) is 8.20. The molecule has 2 aromatic carbocycles. The van der Waals surface area contributed by atoms with Gasteiger partial charge < -0.3 is 10.5 Å². The molecular formula is C18H19N3O2. The van der Waals surface area contributed by atoms with E-state index in [1.807, 2.05) is 63.2 Å². The predicted molar refractivity (Wildman–Crippen MR) is 93.5 cm³/mol. The molecule has 1 aromatic heterocycles. The van der Waals surface area contributed by atoms with E-state index in [0.29, 0.717) is 11.4 Å². The van der Waals surface area contributed by atoms with Crippen molar-refractivity contribution < 1.29 is 9.53 Å². The van der Waals surface area contributed by atoms with Crippen molar-refractivity contribution in [1.29, 1.82) is 0 Å². The van der Waals surface area contributed by atoms with Crippen molar-refractivity contribution >= 4 is 39.3 Å². The molecule has 0 aliphatic carbocycles. The lowest BCUT2D eigenvalue weighted by atomic mass is 10.1. The van der Waals surface area contributed by atoms with Crippen LogP contribution in [-0.2, 0) is 4.74 Å². The summed E-state index contributed by atoms with van der Waals surface area (Å²) in [6, 6.07) is 13.3. The van der Waals surface area contributed by atoms with E-state index in [-0.39, 0.29) is 0 Å². The summed E-state index contributed by atoms with van der Waals surface area (Å²) in [5.74, 6) is 0. The van der Waals surface area contributed by atoms with Gasteiger partial charge in [0.2, 0.25) is 0 Å². The third-order valence-electron chi connectivity index (χ3n) is 3.28. The first-order valence-electron chi connectivity index (χ1n) is 7.40. The highest BCUT2D eigenvalue weighted by atomic mass is 16.6. The Balaban J connectivity index is 1.94. The quantitative estimate of drug-likeness (QED) is 0.518. The molecule has 0 fully saturated rings. The molecule has 0 aliphatic rings. The summed E-state index contributed by atoms with van der Waals surface area (Å²) in [6.45, 7) is 5.47. The van der Waals surface area contributed by atoms with Gasteiger partial charge in [-0.15, -0.1) is 0 Å². The minimum atomic E-state index is -0.535. The molecular weight excluding hydrogens is 290 g/mol. The Morgan fingerprint density at radius 1 is 1.04 bits per heavy atom. The summed E-state index contributed by atoms with van der Waals surface area (Å²) in [6.07, 6.45) is -0.484. The number of nitrogen functional groups attached to an aromatic ring is 1. The predicted octanol–water partition coefficient (Wildman–Crippen LogP) is 4.32. The van der Waals surface area contributed by atoms with Gasteiger partial charge in [0.25, 0.3) is 0 Å². The van der Waals surface area contributed by atoms with E-state index in [1.165, 1.54) is 0 Å². The van der Waals surface area contributed by atoms with Crippen LogP contribution in [-0.4, -0.2) is 16.7 Å². The molecule has 0 radical (unpaired) electrons. The smallest absolute Gasteiger partial charge is 0.412 e. The fourth-order valence-corrected chi connectivity index (χ4v) is 2.34. The van der Waals surface area contributed by atoms with E-state index >= 15 is 0 Å². The van der Waals surface area contributed by atoms with Crippen molar-refractivity contribution in [3.8, 4) is 0 Å². The van der Waals surface area contributed by atoms with Crippen LogP contribution in [0.25, 0.3) is 21.8 Å². The maximum Gasteiger partial charge on any atom is 0.412 e. The molecule has 5 heteroatoms. The SMILES string of the molecule is CC(C)(C)OC(=O)Nc1ccc2cc3ccc(N)cc3nc2c1. The highest BCUT2D eigenvalue weighted by Gasteiger charge is 2.16. The Bertz CT molecular complexity index is 898. The average Bonchev–Trinajstić information content (AvgIpc) is 2.43. The van der Waals surface area contributed by atoms with E-state index < -0.39 is 11.7 Å². The van der Waals surface area contributed by atoms with E-state index in [1.54, 1.807) is 0 Å². The lowest BCUT2D eigenvalue weighted by Gasteiger charge is -2.19. The number of benzene rings is 2. The number of nitrogens with one attached hydrogen (secondary N) is 1. The van der Waals surface area contributed by atoms with E-state index in [9.17, 15) is 4.79 Å². The number of aromatic nitrogens is 1. The molecule has 0 aliphatic heterocycles. The second-order valence-electron chi connectivity index (χ2n) is 6.47. The minimum Gasteiger partial charge on any atom is -0.444 e. The van der Waals surface area contributed by atoms with Crippen molar-refractivity contribution in [2.75, 3.05) is 11.1 Å². The number of carbonyl (C=O) groups excluding carboxylic acids is 1. The first-order valence-corrected chi connectivity index (χ1v) is 7.40. The Labute approximate surface area is 134 Å². The van der Waals surface area contributed by atoms with Crippen molar-refractivity contribution in [3.63, 3.8) is 0 Å². The Kier molecular flexibility index (Phi) is 3.56. The van der Waals surface area contributed by atoms with E-state index in [0.717, 1.165) is 21.8 Å².